The largest absolute Gasteiger partial charge is 0.493 e. The van der Waals surface area contributed by atoms with E-state index in [1.807, 2.05) is 42.5 Å². The highest BCUT2D eigenvalue weighted by molar-refractivity contribution is 6.21. The first-order chi connectivity index (χ1) is 15.6. The number of carbonyl (C=O) groups is 3. The molecule has 0 radical (unpaired) electrons. The molecular weight excluding hydrogens is 410 g/mol. The number of rotatable bonds is 8. The van der Waals surface area contributed by atoms with Crippen LogP contribution in [0.2, 0.25) is 0 Å². The highest BCUT2D eigenvalue weighted by Gasteiger charge is 2.36. The molecule has 1 aliphatic rings. The van der Waals surface area contributed by atoms with Gasteiger partial charge in [-0.3, -0.25) is 29.5 Å². The van der Waals surface area contributed by atoms with Crippen molar-refractivity contribution in [2.24, 2.45) is 5.92 Å². The Morgan fingerprint density at radius 2 is 1.66 bits per heavy atom. The Labute approximate surface area is 184 Å². The third-order valence-corrected chi connectivity index (χ3v) is 5.37. The Kier molecular flexibility index (Phi) is 6.23. The molecule has 0 spiro atoms. The number of benzene rings is 2. The molecule has 8 nitrogen and oxygen atoms in total. The Morgan fingerprint density at radius 3 is 2.34 bits per heavy atom. The maximum atomic E-state index is 12.5. The second-order valence-electron chi connectivity index (χ2n) is 7.35. The van der Waals surface area contributed by atoms with E-state index in [2.05, 4.69) is 4.98 Å². The number of ether oxygens (including phenoxy) is 1. The number of hydrogen-bond acceptors (Lipinski definition) is 6. The van der Waals surface area contributed by atoms with E-state index in [-0.39, 0.29) is 25.1 Å². The van der Waals surface area contributed by atoms with Gasteiger partial charge in [-0.05, 0) is 35.7 Å². The lowest BCUT2D eigenvalue weighted by Crippen LogP contribution is -2.37. The van der Waals surface area contributed by atoms with Gasteiger partial charge in [0.25, 0.3) is 11.8 Å². The molecule has 0 saturated carbocycles. The number of imide groups is 1. The first kappa shape index (κ1) is 21.2. The van der Waals surface area contributed by atoms with Crippen molar-refractivity contribution in [2.45, 2.75) is 6.42 Å². The third kappa shape index (κ3) is 4.35. The maximum absolute atomic E-state index is 12.5. The average Bonchev–Trinajstić information content (AvgIpc) is 3.09. The van der Waals surface area contributed by atoms with Gasteiger partial charge in [0.15, 0.2) is 0 Å². The summed E-state index contributed by atoms with van der Waals surface area (Å²) in [5.41, 5.74) is 4.28. The molecule has 2 heterocycles. The smallest absolute Gasteiger partial charge is 0.263 e. The van der Waals surface area contributed by atoms with Crippen molar-refractivity contribution < 1.29 is 24.3 Å². The summed E-state index contributed by atoms with van der Waals surface area (Å²) >= 11 is 0. The zero-order valence-corrected chi connectivity index (χ0v) is 17.1. The monoisotopic (exact) mass is 431 g/mol. The normalized spacial score (nSPS) is 13.6. The third-order valence-electron chi connectivity index (χ3n) is 5.37. The fourth-order valence-electron chi connectivity index (χ4n) is 3.57. The highest BCUT2D eigenvalue weighted by atomic mass is 16.5. The molecule has 162 valence electrons. The molecule has 0 bridgehead atoms. The zero-order chi connectivity index (χ0) is 22.5. The number of aromatic nitrogens is 1. The van der Waals surface area contributed by atoms with Gasteiger partial charge in [-0.25, -0.2) is 5.48 Å². The van der Waals surface area contributed by atoms with Crippen LogP contribution in [0.1, 0.15) is 27.1 Å². The van der Waals surface area contributed by atoms with E-state index in [4.69, 9.17) is 9.94 Å². The summed E-state index contributed by atoms with van der Waals surface area (Å²) < 4.78 is 5.74. The molecule has 1 unspecified atom stereocenters. The highest BCUT2D eigenvalue weighted by Crippen LogP contribution is 2.24. The molecule has 0 saturated heterocycles. The lowest BCUT2D eigenvalue weighted by Gasteiger charge is -2.19. The van der Waals surface area contributed by atoms with Crippen LogP contribution in [-0.4, -0.2) is 46.0 Å². The summed E-state index contributed by atoms with van der Waals surface area (Å²) in [4.78, 5) is 42.0. The van der Waals surface area contributed by atoms with Gasteiger partial charge in [-0.1, -0.05) is 42.5 Å². The van der Waals surface area contributed by atoms with Gasteiger partial charge >= 0.3 is 0 Å². The molecule has 1 aromatic heterocycles. The summed E-state index contributed by atoms with van der Waals surface area (Å²) in [6, 6.07) is 18.8. The van der Waals surface area contributed by atoms with Crippen LogP contribution in [0.5, 0.6) is 5.75 Å². The lowest BCUT2D eigenvalue weighted by atomic mass is 10.1. The first-order valence-electron chi connectivity index (χ1n) is 10.1. The predicted octanol–water partition coefficient (Wildman–Crippen LogP) is 2.94. The molecule has 3 amide bonds. The van der Waals surface area contributed by atoms with Crippen LogP contribution in [0.3, 0.4) is 0 Å². The molecule has 32 heavy (non-hydrogen) atoms. The minimum absolute atomic E-state index is 0.0146. The number of nitrogens with one attached hydrogen (secondary N) is 1. The van der Waals surface area contributed by atoms with Crippen LogP contribution in [0, 0.1) is 5.92 Å². The van der Waals surface area contributed by atoms with E-state index in [0.29, 0.717) is 11.3 Å². The summed E-state index contributed by atoms with van der Waals surface area (Å²) in [6.07, 6.45) is 2.94. The number of fused-ring (bicyclic) bond motifs is 1. The predicted molar refractivity (Wildman–Crippen MR) is 115 cm³/mol. The van der Waals surface area contributed by atoms with Crippen molar-refractivity contribution in [3.63, 3.8) is 0 Å². The van der Waals surface area contributed by atoms with Crippen LogP contribution in [0.4, 0.5) is 0 Å². The van der Waals surface area contributed by atoms with Gasteiger partial charge in [0, 0.05) is 18.9 Å². The minimum Gasteiger partial charge on any atom is -0.493 e. The van der Waals surface area contributed by atoms with Gasteiger partial charge in [-0.2, -0.15) is 0 Å². The fourth-order valence-corrected chi connectivity index (χ4v) is 3.57. The van der Waals surface area contributed by atoms with E-state index >= 15 is 0 Å². The Bertz CT molecular complexity index is 1100. The number of amides is 3. The Morgan fingerprint density at radius 1 is 0.969 bits per heavy atom. The van der Waals surface area contributed by atoms with Crippen molar-refractivity contribution in [3.05, 3.63) is 84.2 Å². The second-order valence-corrected chi connectivity index (χ2v) is 7.35. The fraction of sp³-hybridized carbons (Fsp3) is 0.167. The summed E-state index contributed by atoms with van der Waals surface area (Å²) in [5.74, 6) is -1.72. The van der Waals surface area contributed by atoms with E-state index in [9.17, 15) is 14.4 Å². The Hall–Kier alpha value is -4.04. The number of pyridine rings is 1. The van der Waals surface area contributed by atoms with E-state index < -0.39 is 23.6 Å². The molecule has 0 fully saturated rings. The van der Waals surface area contributed by atoms with Gasteiger partial charge < -0.3 is 4.74 Å². The standard InChI is InChI=1S/C24H21N3O5/c28-22(26-31)18(11-13-27-23(29)20-10-12-25-14-21(20)24(27)30)15-32-19-8-6-17(7-9-19)16-4-2-1-3-5-16/h1-10,12,14,18,31H,11,13,15H2,(H,26,28). The second kappa shape index (κ2) is 9.40. The van der Waals surface area contributed by atoms with E-state index in [1.54, 1.807) is 17.6 Å². The molecule has 2 N–H and O–H groups in total. The summed E-state index contributed by atoms with van der Waals surface area (Å²) in [6.45, 7) is -0.0114. The van der Waals surface area contributed by atoms with Gasteiger partial charge in [0.05, 0.1) is 23.7 Å². The molecule has 8 heteroatoms. The molecule has 1 aliphatic heterocycles. The molecule has 2 aromatic carbocycles. The van der Waals surface area contributed by atoms with Crippen molar-refractivity contribution in [2.75, 3.05) is 13.2 Å². The van der Waals surface area contributed by atoms with Crippen LogP contribution >= 0.6 is 0 Å². The Balaban J connectivity index is 1.38. The number of nitrogens with zero attached hydrogens (tertiary/aromatic N) is 2. The molecule has 1 atom stereocenters. The average molecular weight is 431 g/mol. The van der Waals surface area contributed by atoms with E-state index in [1.165, 1.54) is 18.5 Å². The van der Waals surface area contributed by atoms with Crippen molar-refractivity contribution in [1.29, 1.82) is 0 Å². The van der Waals surface area contributed by atoms with Crippen molar-refractivity contribution >= 4 is 17.7 Å². The van der Waals surface area contributed by atoms with Crippen LogP contribution in [-0.2, 0) is 4.79 Å². The van der Waals surface area contributed by atoms with Crippen LogP contribution in [0.15, 0.2) is 73.1 Å². The van der Waals surface area contributed by atoms with Crippen molar-refractivity contribution in [1.82, 2.24) is 15.4 Å². The SMILES string of the molecule is O=C(NO)C(CCN1C(=O)c2ccncc2C1=O)COc1ccc(-c2ccccc2)cc1. The molecular formula is C24H21N3O5. The quantitative estimate of drug-likeness (QED) is 0.323. The number of hydrogen-bond donors (Lipinski definition) is 2. The summed E-state index contributed by atoms with van der Waals surface area (Å²) in [7, 11) is 0. The van der Waals surface area contributed by atoms with E-state index in [0.717, 1.165) is 16.0 Å². The van der Waals surface area contributed by atoms with Gasteiger partial charge in [0.2, 0.25) is 5.91 Å². The zero-order valence-electron chi connectivity index (χ0n) is 17.1. The topological polar surface area (TPSA) is 109 Å². The van der Waals surface area contributed by atoms with Crippen LogP contribution in [0.25, 0.3) is 11.1 Å². The van der Waals surface area contributed by atoms with Crippen molar-refractivity contribution in [3.8, 4) is 16.9 Å². The lowest BCUT2D eigenvalue weighted by molar-refractivity contribution is -0.134. The number of carbonyl (C=O) groups excluding carboxylic acids is 3. The number of hydroxylamine groups is 1. The van der Waals surface area contributed by atoms with Crippen LogP contribution < -0.4 is 10.2 Å². The molecule has 4 rings (SSSR count). The van der Waals surface area contributed by atoms with Gasteiger partial charge in [-0.15, -0.1) is 0 Å². The molecule has 3 aromatic rings. The van der Waals surface area contributed by atoms with Gasteiger partial charge in [0.1, 0.15) is 5.75 Å². The maximum Gasteiger partial charge on any atom is 0.263 e. The molecule has 0 aliphatic carbocycles. The minimum atomic E-state index is -0.767. The summed E-state index contributed by atoms with van der Waals surface area (Å²) in [5, 5.41) is 9.09. The first-order valence-corrected chi connectivity index (χ1v) is 10.1.